The SMILES string of the molecule is Cc1cccc(C(=O)Nc2ccc3ccccc3c2-c2c(P(c3ccccc3)c3ccccc3)ccc3ccccc23)n1. The van der Waals surface area contributed by atoms with E-state index in [1.54, 1.807) is 6.07 Å². The van der Waals surface area contributed by atoms with Crippen molar-refractivity contribution in [3.05, 3.63) is 163 Å². The predicted octanol–water partition coefficient (Wildman–Crippen LogP) is 8.37. The van der Waals surface area contributed by atoms with Crippen molar-refractivity contribution in [2.75, 3.05) is 5.32 Å². The molecule has 0 spiro atoms. The molecule has 0 fully saturated rings. The molecule has 0 saturated heterocycles. The molecule has 4 heteroatoms. The van der Waals surface area contributed by atoms with E-state index in [1.165, 1.54) is 15.9 Å². The first kappa shape index (κ1) is 26.8. The Kier molecular flexibility index (Phi) is 7.25. The number of pyridine rings is 1. The minimum Gasteiger partial charge on any atom is -0.320 e. The predicted molar refractivity (Wildman–Crippen MR) is 183 cm³/mol. The maximum Gasteiger partial charge on any atom is 0.274 e. The molecule has 0 radical (unpaired) electrons. The molecule has 0 bridgehead atoms. The van der Waals surface area contributed by atoms with Gasteiger partial charge in [0, 0.05) is 22.5 Å². The lowest BCUT2D eigenvalue weighted by Crippen LogP contribution is -2.23. The smallest absolute Gasteiger partial charge is 0.274 e. The molecule has 1 amide bonds. The van der Waals surface area contributed by atoms with E-state index < -0.39 is 7.92 Å². The van der Waals surface area contributed by atoms with Crippen molar-refractivity contribution >= 4 is 57.0 Å². The Balaban J connectivity index is 1.55. The van der Waals surface area contributed by atoms with Crippen LogP contribution in [-0.4, -0.2) is 10.9 Å². The van der Waals surface area contributed by atoms with Crippen molar-refractivity contribution < 1.29 is 4.79 Å². The largest absolute Gasteiger partial charge is 0.320 e. The number of nitrogens with one attached hydrogen (secondary N) is 1. The van der Waals surface area contributed by atoms with Crippen molar-refractivity contribution in [3.63, 3.8) is 0 Å². The summed E-state index contributed by atoms with van der Waals surface area (Å²) >= 11 is 0. The average molecular weight is 573 g/mol. The number of hydrogen-bond donors (Lipinski definition) is 1. The van der Waals surface area contributed by atoms with Crippen molar-refractivity contribution in [1.29, 1.82) is 0 Å². The first-order valence-electron chi connectivity index (χ1n) is 14.4. The number of rotatable bonds is 6. The number of benzene rings is 6. The third kappa shape index (κ3) is 5.20. The van der Waals surface area contributed by atoms with Gasteiger partial charge in [-0.2, -0.15) is 0 Å². The van der Waals surface area contributed by atoms with E-state index >= 15 is 0 Å². The van der Waals surface area contributed by atoms with E-state index in [2.05, 4.69) is 138 Å². The summed E-state index contributed by atoms with van der Waals surface area (Å²) in [6, 6.07) is 52.7. The summed E-state index contributed by atoms with van der Waals surface area (Å²) in [5.74, 6) is -0.226. The van der Waals surface area contributed by atoms with Crippen molar-refractivity contribution in [3.8, 4) is 11.1 Å². The van der Waals surface area contributed by atoms with E-state index in [0.717, 1.165) is 44.1 Å². The molecule has 3 nitrogen and oxygen atoms in total. The van der Waals surface area contributed by atoms with Crippen LogP contribution < -0.4 is 21.2 Å². The second kappa shape index (κ2) is 11.6. The summed E-state index contributed by atoms with van der Waals surface area (Å²) in [6.07, 6.45) is 0. The number of amides is 1. The molecular formula is C39H29N2OP. The summed E-state index contributed by atoms with van der Waals surface area (Å²) < 4.78 is 0. The molecule has 1 heterocycles. The summed E-state index contributed by atoms with van der Waals surface area (Å²) in [6.45, 7) is 1.90. The molecule has 7 aromatic rings. The molecule has 0 aliphatic heterocycles. The van der Waals surface area contributed by atoms with Crippen LogP contribution in [0.3, 0.4) is 0 Å². The second-order valence-electron chi connectivity index (χ2n) is 10.5. The molecule has 6 aromatic carbocycles. The maximum atomic E-state index is 13.6. The zero-order valence-corrected chi connectivity index (χ0v) is 24.6. The fourth-order valence-corrected chi connectivity index (χ4v) is 8.27. The Morgan fingerprint density at radius 1 is 0.558 bits per heavy atom. The fraction of sp³-hybridized carbons (Fsp3) is 0.0256. The van der Waals surface area contributed by atoms with Gasteiger partial charge in [0.1, 0.15) is 5.69 Å². The topological polar surface area (TPSA) is 42.0 Å². The summed E-state index contributed by atoms with van der Waals surface area (Å²) in [7, 11) is -0.925. The van der Waals surface area contributed by atoms with Crippen LogP contribution >= 0.6 is 7.92 Å². The number of fused-ring (bicyclic) bond motifs is 2. The third-order valence-corrected chi connectivity index (χ3v) is 10.2. The highest BCUT2D eigenvalue weighted by Gasteiger charge is 2.25. The number of anilines is 1. The Morgan fingerprint density at radius 3 is 1.74 bits per heavy atom. The van der Waals surface area contributed by atoms with Gasteiger partial charge in [0.15, 0.2) is 0 Å². The molecular weight excluding hydrogens is 543 g/mol. The van der Waals surface area contributed by atoms with Crippen LogP contribution in [0.4, 0.5) is 5.69 Å². The number of aryl methyl sites for hydroxylation is 1. The first-order valence-corrected chi connectivity index (χ1v) is 15.7. The van der Waals surface area contributed by atoms with Crippen molar-refractivity contribution in [2.45, 2.75) is 6.92 Å². The normalized spacial score (nSPS) is 11.2. The molecule has 7 rings (SSSR count). The van der Waals surface area contributed by atoms with E-state index in [4.69, 9.17) is 0 Å². The van der Waals surface area contributed by atoms with Gasteiger partial charge < -0.3 is 5.32 Å². The first-order chi connectivity index (χ1) is 21.2. The van der Waals surface area contributed by atoms with Crippen LogP contribution in [0.15, 0.2) is 152 Å². The van der Waals surface area contributed by atoms with Crippen molar-refractivity contribution in [1.82, 2.24) is 4.98 Å². The number of carbonyl (C=O) groups is 1. The van der Waals surface area contributed by atoms with E-state index in [9.17, 15) is 4.79 Å². The van der Waals surface area contributed by atoms with Crippen LogP contribution in [0.1, 0.15) is 16.2 Å². The lowest BCUT2D eigenvalue weighted by molar-refractivity contribution is 0.102. The fourth-order valence-electron chi connectivity index (χ4n) is 5.79. The molecule has 0 aliphatic carbocycles. The average Bonchev–Trinajstić information content (AvgIpc) is 3.06. The highest BCUT2D eigenvalue weighted by Crippen LogP contribution is 2.44. The Hall–Kier alpha value is -5.11. The van der Waals surface area contributed by atoms with Crippen LogP contribution in [0, 0.1) is 6.92 Å². The molecule has 43 heavy (non-hydrogen) atoms. The molecule has 0 atom stereocenters. The lowest BCUT2D eigenvalue weighted by Gasteiger charge is -2.26. The zero-order valence-electron chi connectivity index (χ0n) is 23.7. The summed E-state index contributed by atoms with van der Waals surface area (Å²) in [5.41, 5.74) is 4.12. The number of nitrogens with zero attached hydrogens (tertiary/aromatic N) is 1. The van der Waals surface area contributed by atoms with E-state index in [0.29, 0.717) is 5.69 Å². The van der Waals surface area contributed by atoms with E-state index in [1.807, 2.05) is 25.1 Å². The molecule has 206 valence electrons. The van der Waals surface area contributed by atoms with Gasteiger partial charge in [0.25, 0.3) is 5.91 Å². The van der Waals surface area contributed by atoms with Gasteiger partial charge in [0.2, 0.25) is 0 Å². The third-order valence-electron chi connectivity index (χ3n) is 7.72. The van der Waals surface area contributed by atoms with Gasteiger partial charge in [0.05, 0.1) is 0 Å². The van der Waals surface area contributed by atoms with Gasteiger partial charge in [-0.05, 0) is 70.5 Å². The minimum atomic E-state index is -0.925. The lowest BCUT2D eigenvalue weighted by atomic mass is 9.92. The van der Waals surface area contributed by atoms with Crippen LogP contribution in [0.5, 0.6) is 0 Å². The van der Waals surface area contributed by atoms with Gasteiger partial charge in [-0.15, -0.1) is 0 Å². The Morgan fingerprint density at radius 2 is 1.12 bits per heavy atom. The molecule has 0 aliphatic rings. The Labute approximate surface area is 252 Å². The quantitative estimate of drug-likeness (QED) is 0.204. The molecule has 1 N–H and O–H groups in total. The molecule has 0 unspecified atom stereocenters. The van der Waals surface area contributed by atoms with Crippen LogP contribution in [0.25, 0.3) is 32.7 Å². The molecule has 1 aromatic heterocycles. The standard InChI is InChI=1S/C39H29N2OP/c1-27-13-12-22-35(40-27)39(42)41-34-25-23-28-14-8-10-20-32(28)37(34)38-33-21-11-9-15-29(33)24-26-36(38)43(30-16-4-2-5-17-30)31-18-6-3-7-19-31/h2-26H,1H3,(H,41,42). The number of carbonyl (C=O) groups excluding carboxylic acids is 1. The maximum absolute atomic E-state index is 13.6. The summed E-state index contributed by atoms with van der Waals surface area (Å²) in [5, 5.41) is 11.6. The summed E-state index contributed by atoms with van der Waals surface area (Å²) in [4.78, 5) is 18.1. The van der Waals surface area contributed by atoms with Gasteiger partial charge in [-0.3, -0.25) is 4.79 Å². The number of aromatic nitrogens is 1. The minimum absolute atomic E-state index is 0.226. The van der Waals surface area contributed by atoms with Crippen LogP contribution in [0.2, 0.25) is 0 Å². The highest BCUT2D eigenvalue weighted by molar-refractivity contribution is 7.80. The monoisotopic (exact) mass is 572 g/mol. The number of hydrogen-bond acceptors (Lipinski definition) is 2. The molecule has 0 saturated carbocycles. The highest BCUT2D eigenvalue weighted by atomic mass is 31.1. The van der Waals surface area contributed by atoms with Gasteiger partial charge in [-0.1, -0.05) is 133 Å². The van der Waals surface area contributed by atoms with Gasteiger partial charge in [-0.25, -0.2) is 4.98 Å². The Bertz CT molecular complexity index is 2050. The van der Waals surface area contributed by atoms with E-state index in [-0.39, 0.29) is 5.91 Å². The second-order valence-corrected chi connectivity index (χ2v) is 12.7. The van der Waals surface area contributed by atoms with Crippen molar-refractivity contribution in [2.24, 2.45) is 0 Å². The van der Waals surface area contributed by atoms with Crippen LogP contribution in [-0.2, 0) is 0 Å². The van der Waals surface area contributed by atoms with Gasteiger partial charge >= 0.3 is 0 Å². The zero-order chi connectivity index (χ0) is 29.2.